The van der Waals surface area contributed by atoms with E-state index in [-0.39, 0.29) is 26.4 Å². The predicted molar refractivity (Wildman–Crippen MR) is 116 cm³/mol. The van der Waals surface area contributed by atoms with E-state index in [1.54, 1.807) is 17.1 Å². The SMILES string of the molecule is C=CCN(CC=C)C(P(=O)(OCCC)OCCC)P(=O)(OCCC)OCCC. The van der Waals surface area contributed by atoms with Crippen LogP contribution in [0.25, 0.3) is 0 Å². The van der Waals surface area contributed by atoms with Crippen LogP contribution in [0.5, 0.6) is 0 Å². The van der Waals surface area contributed by atoms with Crippen molar-refractivity contribution in [2.75, 3.05) is 39.5 Å². The fourth-order valence-electron chi connectivity index (χ4n) is 2.38. The monoisotopic (exact) mass is 439 g/mol. The summed E-state index contributed by atoms with van der Waals surface area (Å²) in [7, 11) is -7.73. The van der Waals surface area contributed by atoms with Crippen LogP contribution < -0.4 is 0 Å². The molecule has 0 amide bonds. The summed E-state index contributed by atoms with van der Waals surface area (Å²) in [5, 5.41) is 0. The highest BCUT2D eigenvalue weighted by Crippen LogP contribution is 2.71. The molecule has 0 saturated heterocycles. The highest BCUT2D eigenvalue weighted by atomic mass is 31.2. The number of rotatable bonds is 19. The largest absolute Gasteiger partial charge is 0.360 e. The molecule has 0 rings (SSSR count). The number of nitrogens with zero attached hydrogens (tertiary/aromatic N) is 1. The Kier molecular flexibility index (Phi) is 15.4. The molecule has 7 nitrogen and oxygen atoms in total. The molecule has 0 aliphatic rings. The van der Waals surface area contributed by atoms with Gasteiger partial charge in [0.25, 0.3) is 0 Å². The first-order chi connectivity index (χ1) is 13.4. The van der Waals surface area contributed by atoms with Crippen molar-refractivity contribution in [3.8, 4) is 0 Å². The Hall–Kier alpha value is -0.260. The third-order valence-electron chi connectivity index (χ3n) is 3.52. The second kappa shape index (κ2) is 15.6. The molecule has 0 aliphatic carbocycles. The van der Waals surface area contributed by atoms with Crippen molar-refractivity contribution < 1.29 is 27.2 Å². The third-order valence-corrected chi connectivity index (χ3v) is 9.17. The third kappa shape index (κ3) is 9.04. The van der Waals surface area contributed by atoms with Crippen LogP contribution >= 0.6 is 15.2 Å². The van der Waals surface area contributed by atoms with E-state index in [1.165, 1.54) is 0 Å². The minimum Gasteiger partial charge on any atom is -0.307 e. The Bertz CT molecular complexity index is 461. The van der Waals surface area contributed by atoms with Crippen molar-refractivity contribution in [1.82, 2.24) is 4.90 Å². The maximum Gasteiger partial charge on any atom is 0.360 e. The highest BCUT2D eigenvalue weighted by Gasteiger charge is 2.54. The van der Waals surface area contributed by atoms with E-state index in [1.807, 2.05) is 27.7 Å². The maximum absolute atomic E-state index is 13.9. The average Bonchev–Trinajstić information content (AvgIpc) is 2.68. The average molecular weight is 439 g/mol. The van der Waals surface area contributed by atoms with Crippen LogP contribution in [0.2, 0.25) is 0 Å². The molecule has 0 aromatic rings. The Balaban J connectivity index is 6.33. The molecule has 0 heterocycles. The van der Waals surface area contributed by atoms with E-state index in [2.05, 4.69) is 13.2 Å². The smallest absolute Gasteiger partial charge is 0.307 e. The molecular weight excluding hydrogens is 400 g/mol. The molecule has 166 valence electrons. The second-order valence-electron chi connectivity index (χ2n) is 6.29. The van der Waals surface area contributed by atoms with Gasteiger partial charge < -0.3 is 18.1 Å². The molecule has 0 radical (unpaired) electrons. The summed E-state index contributed by atoms with van der Waals surface area (Å²) in [6, 6.07) is 0. The predicted octanol–water partition coefficient (Wildman–Crippen LogP) is 6.04. The molecule has 0 N–H and O–H groups in total. The van der Waals surface area contributed by atoms with Gasteiger partial charge in [0, 0.05) is 13.1 Å². The number of hydrogen-bond donors (Lipinski definition) is 0. The quantitative estimate of drug-likeness (QED) is 0.179. The van der Waals surface area contributed by atoms with E-state index in [0.717, 1.165) is 0 Å². The van der Waals surface area contributed by atoms with Gasteiger partial charge in [0.1, 0.15) is 0 Å². The van der Waals surface area contributed by atoms with Crippen molar-refractivity contribution in [2.24, 2.45) is 0 Å². The van der Waals surface area contributed by atoms with E-state index in [9.17, 15) is 9.13 Å². The minimum atomic E-state index is -3.86. The van der Waals surface area contributed by atoms with E-state index in [4.69, 9.17) is 18.1 Å². The van der Waals surface area contributed by atoms with Crippen molar-refractivity contribution in [3.63, 3.8) is 0 Å². The zero-order chi connectivity index (χ0) is 21.5. The second-order valence-corrected chi connectivity index (χ2v) is 10.9. The zero-order valence-electron chi connectivity index (χ0n) is 18.0. The molecule has 0 atom stereocenters. The van der Waals surface area contributed by atoms with Gasteiger partial charge in [-0.2, -0.15) is 0 Å². The summed E-state index contributed by atoms with van der Waals surface area (Å²) >= 11 is 0. The zero-order valence-corrected chi connectivity index (χ0v) is 19.8. The lowest BCUT2D eigenvalue weighted by atomic mass is 10.5. The Morgan fingerprint density at radius 2 is 1.00 bits per heavy atom. The first-order valence-electron chi connectivity index (χ1n) is 10.1. The lowest BCUT2D eigenvalue weighted by molar-refractivity contribution is 0.151. The molecule has 0 spiro atoms. The first-order valence-corrected chi connectivity index (χ1v) is 13.3. The molecule has 0 unspecified atom stereocenters. The summed E-state index contributed by atoms with van der Waals surface area (Å²) < 4.78 is 50.7. The standard InChI is InChI=1S/C19H39NO6P2/c1-7-13-20(14-8-2)19(27(21,23-15-9-3)24-16-10-4)28(22,25-17-11-5)26-18-12-6/h7-8,19H,1-2,9-18H2,3-6H3. The van der Waals surface area contributed by atoms with Crippen LogP contribution in [0.15, 0.2) is 25.3 Å². The maximum atomic E-state index is 13.9. The summed E-state index contributed by atoms with van der Waals surface area (Å²) in [5.74, 6) is 0. The van der Waals surface area contributed by atoms with Crippen molar-refractivity contribution in [2.45, 2.75) is 58.9 Å². The lowest BCUT2D eigenvalue weighted by Gasteiger charge is -2.38. The summed E-state index contributed by atoms with van der Waals surface area (Å²) in [6.07, 6.45) is 5.86. The molecular formula is C19H39NO6P2. The van der Waals surface area contributed by atoms with Gasteiger partial charge in [0.2, 0.25) is 5.52 Å². The summed E-state index contributed by atoms with van der Waals surface area (Å²) in [6.45, 7) is 16.6. The minimum absolute atomic E-state index is 0.217. The fourth-order valence-corrected chi connectivity index (χ4v) is 8.18. The Labute approximate surface area is 171 Å². The summed E-state index contributed by atoms with van der Waals surface area (Å²) in [4.78, 5) is 1.69. The lowest BCUT2D eigenvalue weighted by Crippen LogP contribution is -2.38. The van der Waals surface area contributed by atoms with Gasteiger partial charge in [0.15, 0.2) is 0 Å². The van der Waals surface area contributed by atoms with Crippen LogP contribution in [0, 0.1) is 0 Å². The van der Waals surface area contributed by atoms with Crippen molar-refractivity contribution in [1.29, 1.82) is 0 Å². The first kappa shape index (κ1) is 27.7. The molecule has 0 aromatic heterocycles. The van der Waals surface area contributed by atoms with E-state index in [0.29, 0.717) is 38.8 Å². The highest BCUT2D eigenvalue weighted by molar-refractivity contribution is 7.72. The topological polar surface area (TPSA) is 74.3 Å². The van der Waals surface area contributed by atoms with Gasteiger partial charge in [-0.1, -0.05) is 39.8 Å². The Morgan fingerprint density at radius 1 is 0.714 bits per heavy atom. The molecule has 0 fully saturated rings. The Morgan fingerprint density at radius 3 is 1.21 bits per heavy atom. The molecule has 28 heavy (non-hydrogen) atoms. The van der Waals surface area contributed by atoms with Crippen LogP contribution in [0.4, 0.5) is 0 Å². The number of hydrogen-bond acceptors (Lipinski definition) is 7. The summed E-state index contributed by atoms with van der Waals surface area (Å²) in [5.41, 5.74) is -1.19. The van der Waals surface area contributed by atoms with Gasteiger partial charge in [-0.3, -0.25) is 14.0 Å². The van der Waals surface area contributed by atoms with E-state index < -0.39 is 20.7 Å². The van der Waals surface area contributed by atoms with Crippen LogP contribution in [-0.2, 0) is 27.2 Å². The van der Waals surface area contributed by atoms with Gasteiger partial charge in [0.05, 0.1) is 26.4 Å². The van der Waals surface area contributed by atoms with E-state index >= 15 is 0 Å². The molecule has 0 aromatic carbocycles. The van der Waals surface area contributed by atoms with Gasteiger partial charge in [-0.25, -0.2) is 0 Å². The van der Waals surface area contributed by atoms with Gasteiger partial charge in [-0.15, -0.1) is 13.2 Å². The van der Waals surface area contributed by atoms with Gasteiger partial charge in [-0.05, 0) is 25.7 Å². The van der Waals surface area contributed by atoms with Crippen LogP contribution in [0.1, 0.15) is 53.4 Å². The van der Waals surface area contributed by atoms with Crippen LogP contribution in [-0.4, -0.2) is 49.9 Å². The fraction of sp³-hybridized carbons (Fsp3) is 0.789. The van der Waals surface area contributed by atoms with Crippen molar-refractivity contribution in [3.05, 3.63) is 25.3 Å². The molecule has 9 heteroatoms. The van der Waals surface area contributed by atoms with Gasteiger partial charge >= 0.3 is 15.2 Å². The normalized spacial score (nSPS) is 12.6. The molecule has 0 aliphatic heterocycles. The molecule has 0 bridgehead atoms. The molecule has 0 saturated carbocycles. The van der Waals surface area contributed by atoms with Crippen molar-refractivity contribution >= 4 is 15.2 Å². The van der Waals surface area contributed by atoms with Crippen LogP contribution in [0.3, 0.4) is 0 Å².